The van der Waals surface area contributed by atoms with Gasteiger partial charge >= 0.3 is 0 Å². The van der Waals surface area contributed by atoms with Gasteiger partial charge in [0.25, 0.3) is 5.91 Å². The molecule has 0 bridgehead atoms. The number of nitrogens with one attached hydrogen (secondary N) is 2. The van der Waals surface area contributed by atoms with Crippen molar-refractivity contribution in [2.24, 2.45) is 7.05 Å². The van der Waals surface area contributed by atoms with Gasteiger partial charge in [-0.05, 0) is 62.3 Å². The molecule has 0 radical (unpaired) electrons. The third-order valence-electron chi connectivity index (χ3n) is 5.39. The third-order valence-corrected chi connectivity index (χ3v) is 5.39. The number of nitrogens with zero attached hydrogens (tertiary/aromatic N) is 5. The fourth-order valence-corrected chi connectivity index (χ4v) is 3.67. The van der Waals surface area contributed by atoms with Crippen LogP contribution < -0.4 is 15.4 Å². The lowest BCUT2D eigenvalue weighted by Crippen LogP contribution is -2.34. The maximum atomic E-state index is 12.7. The van der Waals surface area contributed by atoms with Crippen LogP contribution >= 0.6 is 0 Å². The summed E-state index contributed by atoms with van der Waals surface area (Å²) in [5, 5.41) is 15.1. The van der Waals surface area contributed by atoms with Gasteiger partial charge in [-0.1, -0.05) is 5.21 Å². The number of fused-ring (bicyclic) bond motifs is 1. The maximum absolute atomic E-state index is 12.7. The van der Waals surface area contributed by atoms with Crippen LogP contribution in [0.5, 0.6) is 5.75 Å². The summed E-state index contributed by atoms with van der Waals surface area (Å²) in [6, 6.07) is 12.7. The monoisotopic (exact) mass is 429 g/mol. The smallest absolute Gasteiger partial charge is 0.256 e. The predicted octanol–water partition coefficient (Wildman–Crippen LogP) is 2.81. The SMILES string of the molecule is Cn1cc(-c2ccc3cnc(NC(=O)c4ccc(OC5CCNCC5)cc4)cc3n2)nn1. The summed E-state index contributed by atoms with van der Waals surface area (Å²) in [5.41, 5.74) is 2.64. The average Bonchev–Trinajstić information content (AvgIpc) is 3.26. The van der Waals surface area contributed by atoms with E-state index >= 15 is 0 Å². The molecular formula is C23H23N7O2. The van der Waals surface area contributed by atoms with E-state index in [0.717, 1.165) is 37.1 Å². The van der Waals surface area contributed by atoms with Crippen LogP contribution in [0.2, 0.25) is 0 Å². The van der Waals surface area contributed by atoms with Crippen molar-refractivity contribution in [3.8, 4) is 17.1 Å². The Kier molecular flexibility index (Phi) is 5.47. The number of benzene rings is 1. The molecule has 1 aliphatic heterocycles. The highest BCUT2D eigenvalue weighted by atomic mass is 16.5. The molecule has 0 atom stereocenters. The van der Waals surface area contributed by atoms with Crippen LogP contribution in [0.15, 0.2) is 54.9 Å². The van der Waals surface area contributed by atoms with Crippen molar-refractivity contribution in [2.75, 3.05) is 18.4 Å². The van der Waals surface area contributed by atoms with Crippen molar-refractivity contribution in [1.82, 2.24) is 30.3 Å². The van der Waals surface area contributed by atoms with Gasteiger partial charge in [-0.15, -0.1) is 5.10 Å². The zero-order valence-corrected chi connectivity index (χ0v) is 17.7. The Balaban J connectivity index is 1.29. The molecule has 1 fully saturated rings. The minimum atomic E-state index is -0.240. The molecule has 4 aromatic rings. The Morgan fingerprint density at radius 3 is 2.69 bits per heavy atom. The van der Waals surface area contributed by atoms with Gasteiger partial charge < -0.3 is 15.4 Å². The van der Waals surface area contributed by atoms with E-state index in [-0.39, 0.29) is 12.0 Å². The van der Waals surface area contributed by atoms with Gasteiger partial charge in [-0.25, -0.2) is 9.97 Å². The Hall–Kier alpha value is -3.85. The van der Waals surface area contributed by atoms with E-state index in [1.807, 2.05) is 24.3 Å². The number of hydrogen-bond acceptors (Lipinski definition) is 7. The fourth-order valence-electron chi connectivity index (χ4n) is 3.67. The quantitative estimate of drug-likeness (QED) is 0.502. The molecular weight excluding hydrogens is 406 g/mol. The highest BCUT2D eigenvalue weighted by Gasteiger charge is 2.15. The molecule has 9 heteroatoms. The van der Waals surface area contributed by atoms with Crippen molar-refractivity contribution < 1.29 is 9.53 Å². The normalized spacial score (nSPS) is 14.4. The van der Waals surface area contributed by atoms with Crippen LogP contribution in [-0.4, -0.2) is 50.1 Å². The number of anilines is 1. The lowest BCUT2D eigenvalue weighted by molar-refractivity contribution is 0.102. The number of aryl methyl sites for hydroxylation is 1. The average molecular weight is 429 g/mol. The highest BCUT2D eigenvalue weighted by molar-refractivity contribution is 6.04. The van der Waals surface area contributed by atoms with Gasteiger partial charge in [0, 0.05) is 30.3 Å². The summed E-state index contributed by atoms with van der Waals surface area (Å²) < 4.78 is 7.63. The van der Waals surface area contributed by atoms with E-state index in [9.17, 15) is 4.79 Å². The molecule has 1 aromatic carbocycles. The van der Waals surface area contributed by atoms with Gasteiger partial charge in [-0.3, -0.25) is 9.48 Å². The number of piperidine rings is 1. The first-order valence-corrected chi connectivity index (χ1v) is 10.6. The second kappa shape index (κ2) is 8.72. The molecule has 4 heterocycles. The second-order valence-electron chi connectivity index (χ2n) is 7.78. The second-order valence-corrected chi connectivity index (χ2v) is 7.78. The maximum Gasteiger partial charge on any atom is 0.256 e. The van der Waals surface area contributed by atoms with E-state index in [1.165, 1.54) is 0 Å². The van der Waals surface area contributed by atoms with E-state index in [2.05, 4.69) is 30.9 Å². The third kappa shape index (κ3) is 4.42. The number of carbonyl (C=O) groups excluding carboxylic acids is 1. The van der Waals surface area contributed by atoms with Crippen LogP contribution in [0.4, 0.5) is 5.82 Å². The van der Waals surface area contributed by atoms with Gasteiger partial charge in [-0.2, -0.15) is 0 Å². The highest BCUT2D eigenvalue weighted by Crippen LogP contribution is 2.21. The summed E-state index contributed by atoms with van der Waals surface area (Å²) >= 11 is 0. The molecule has 0 saturated carbocycles. The van der Waals surface area contributed by atoms with Gasteiger partial charge in [0.15, 0.2) is 0 Å². The largest absolute Gasteiger partial charge is 0.490 e. The van der Waals surface area contributed by atoms with Crippen LogP contribution in [0.25, 0.3) is 22.3 Å². The first kappa shape index (κ1) is 20.1. The molecule has 1 aliphatic rings. The first-order chi connectivity index (χ1) is 15.6. The number of aromatic nitrogens is 5. The Morgan fingerprint density at radius 1 is 1.12 bits per heavy atom. The van der Waals surface area contributed by atoms with Crippen molar-refractivity contribution >= 4 is 22.6 Å². The van der Waals surface area contributed by atoms with Gasteiger partial charge in [0.1, 0.15) is 23.4 Å². The number of carbonyl (C=O) groups is 1. The summed E-state index contributed by atoms with van der Waals surface area (Å²) in [7, 11) is 1.81. The zero-order chi connectivity index (χ0) is 21.9. The number of amides is 1. The molecule has 162 valence electrons. The molecule has 2 N–H and O–H groups in total. The summed E-state index contributed by atoms with van der Waals surface area (Å²) in [6.45, 7) is 1.94. The summed E-state index contributed by atoms with van der Waals surface area (Å²) in [4.78, 5) is 21.7. The van der Waals surface area contributed by atoms with Crippen LogP contribution in [-0.2, 0) is 7.05 Å². The molecule has 3 aromatic heterocycles. The van der Waals surface area contributed by atoms with Crippen molar-refractivity contribution in [3.63, 3.8) is 0 Å². The van der Waals surface area contributed by atoms with Crippen LogP contribution in [0.3, 0.4) is 0 Å². The van der Waals surface area contributed by atoms with Crippen LogP contribution in [0, 0.1) is 0 Å². The van der Waals surface area contributed by atoms with Crippen LogP contribution in [0.1, 0.15) is 23.2 Å². The lowest BCUT2D eigenvalue weighted by Gasteiger charge is -2.23. The predicted molar refractivity (Wildman–Crippen MR) is 120 cm³/mol. The molecule has 5 rings (SSSR count). The molecule has 1 saturated heterocycles. The van der Waals surface area contributed by atoms with Crippen molar-refractivity contribution in [3.05, 3.63) is 60.4 Å². The van der Waals surface area contributed by atoms with Crippen molar-refractivity contribution in [1.29, 1.82) is 0 Å². The van der Waals surface area contributed by atoms with E-state index in [1.54, 1.807) is 42.3 Å². The fraction of sp³-hybridized carbons (Fsp3) is 0.261. The van der Waals surface area contributed by atoms with E-state index in [4.69, 9.17) is 4.74 Å². The van der Waals surface area contributed by atoms with Gasteiger partial charge in [0.2, 0.25) is 0 Å². The zero-order valence-electron chi connectivity index (χ0n) is 17.7. The molecule has 0 spiro atoms. The topological polar surface area (TPSA) is 107 Å². The number of pyridine rings is 2. The Labute approximate surface area is 184 Å². The molecule has 1 amide bonds. The molecule has 9 nitrogen and oxygen atoms in total. The lowest BCUT2D eigenvalue weighted by atomic mass is 10.1. The first-order valence-electron chi connectivity index (χ1n) is 10.6. The molecule has 0 unspecified atom stereocenters. The van der Waals surface area contributed by atoms with Crippen molar-refractivity contribution in [2.45, 2.75) is 18.9 Å². The number of ether oxygens (including phenoxy) is 1. The standard InChI is InChI=1S/C23H23N7O2/c1-30-14-21(28-29-30)19-7-4-16-13-25-22(12-20(16)26-19)27-23(31)15-2-5-17(6-3-15)32-18-8-10-24-11-9-18/h2-7,12-14,18,24H,8-11H2,1H3,(H,25,27,31). The molecule has 0 aliphatic carbocycles. The number of hydrogen-bond donors (Lipinski definition) is 2. The summed E-state index contributed by atoms with van der Waals surface area (Å²) in [6.07, 6.45) is 5.69. The minimum Gasteiger partial charge on any atom is -0.490 e. The summed E-state index contributed by atoms with van der Waals surface area (Å²) in [5.74, 6) is 0.967. The Bertz CT molecular complexity index is 1250. The minimum absolute atomic E-state index is 0.219. The van der Waals surface area contributed by atoms with E-state index < -0.39 is 0 Å². The number of rotatable bonds is 5. The molecule has 32 heavy (non-hydrogen) atoms. The Morgan fingerprint density at radius 2 is 1.94 bits per heavy atom. The van der Waals surface area contributed by atoms with E-state index in [0.29, 0.717) is 28.3 Å². The van der Waals surface area contributed by atoms with Gasteiger partial charge in [0.05, 0.1) is 17.4 Å².